The maximum absolute atomic E-state index is 10.4. The smallest absolute Gasteiger partial charge is 0.161 e. The summed E-state index contributed by atoms with van der Waals surface area (Å²) in [6, 6.07) is 7.56. The Labute approximate surface area is 194 Å². The van der Waals surface area contributed by atoms with Crippen molar-refractivity contribution >= 4 is 24.6 Å². The first-order valence-corrected chi connectivity index (χ1v) is 10.7. The van der Waals surface area contributed by atoms with E-state index in [4.69, 9.17) is 14.2 Å². The number of aliphatic hydroxyl groups excluding tert-OH is 1. The van der Waals surface area contributed by atoms with E-state index in [0.717, 1.165) is 6.42 Å². The van der Waals surface area contributed by atoms with Crippen LogP contribution >= 0.6 is 12.4 Å². The van der Waals surface area contributed by atoms with Crippen molar-refractivity contribution in [1.82, 2.24) is 9.88 Å². The molecule has 2 atom stereocenters. The molecule has 0 saturated carbocycles. The Morgan fingerprint density at radius 1 is 1.16 bits per heavy atom. The molecule has 2 N–H and O–H groups in total. The van der Waals surface area contributed by atoms with Crippen LogP contribution in [0.4, 0.5) is 0 Å². The summed E-state index contributed by atoms with van der Waals surface area (Å²) in [5.74, 6) is 1.43. The van der Waals surface area contributed by atoms with Crippen LogP contribution in [0.3, 0.4) is 0 Å². The molecule has 2 aromatic rings. The third-order valence-electron chi connectivity index (χ3n) is 5.62. The highest BCUT2D eigenvalue weighted by atomic mass is 35.5. The average molecular weight is 459 g/mol. The topological polar surface area (TPSA) is 64.9 Å². The molecule has 6 nitrogen and oxygen atoms in total. The fourth-order valence-corrected chi connectivity index (χ4v) is 4.09. The van der Waals surface area contributed by atoms with Gasteiger partial charge in [-0.1, -0.05) is 36.4 Å². The van der Waals surface area contributed by atoms with Gasteiger partial charge in [-0.2, -0.15) is 0 Å². The van der Waals surface area contributed by atoms with Crippen LogP contribution < -0.4 is 25.5 Å². The Kier molecular flexibility index (Phi) is 8.59. The third-order valence-corrected chi connectivity index (χ3v) is 5.62. The second-order valence-electron chi connectivity index (χ2n) is 7.68. The Bertz CT molecular complexity index is 1090. The fourth-order valence-electron chi connectivity index (χ4n) is 4.09. The summed E-state index contributed by atoms with van der Waals surface area (Å²) in [6.45, 7) is 1.80. The van der Waals surface area contributed by atoms with E-state index < -0.39 is 6.10 Å². The highest BCUT2D eigenvalue weighted by Crippen LogP contribution is 2.25. The number of nitrogens with one attached hydrogen (secondary N) is 1. The predicted octanol–water partition coefficient (Wildman–Crippen LogP) is 1.79. The molecule has 2 unspecified atom stereocenters. The minimum atomic E-state index is -0.597. The van der Waals surface area contributed by atoms with Crippen molar-refractivity contribution in [2.24, 2.45) is 7.05 Å². The zero-order chi connectivity index (χ0) is 21.6. The highest BCUT2D eigenvalue weighted by molar-refractivity contribution is 5.85. The lowest BCUT2D eigenvalue weighted by atomic mass is 9.98. The summed E-state index contributed by atoms with van der Waals surface area (Å²) in [7, 11) is 3.71. The van der Waals surface area contributed by atoms with Gasteiger partial charge in [0.2, 0.25) is 0 Å². The fraction of sp³-hybridized carbons (Fsp3) is 0.360. The van der Waals surface area contributed by atoms with Gasteiger partial charge in [0.05, 0.1) is 19.8 Å². The van der Waals surface area contributed by atoms with Crippen molar-refractivity contribution in [3.63, 3.8) is 0 Å². The number of aromatic nitrogens is 1. The number of allylic oxidation sites excluding steroid dienone is 3. The lowest BCUT2D eigenvalue weighted by Gasteiger charge is -2.20. The van der Waals surface area contributed by atoms with Gasteiger partial charge < -0.3 is 29.2 Å². The van der Waals surface area contributed by atoms with E-state index in [1.165, 1.54) is 21.8 Å². The van der Waals surface area contributed by atoms with Crippen molar-refractivity contribution in [3.8, 4) is 11.5 Å². The molecule has 0 fully saturated rings. The molecule has 1 aromatic carbocycles. The molecule has 0 saturated heterocycles. The van der Waals surface area contributed by atoms with Crippen LogP contribution in [0.15, 0.2) is 48.6 Å². The van der Waals surface area contributed by atoms with Crippen molar-refractivity contribution in [1.29, 1.82) is 0 Å². The molecule has 2 aliphatic rings. The second kappa shape index (κ2) is 11.4. The number of halogens is 1. The van der Waals surface area contributed by atoms with Gasteiger partial charge in [0.25, 0.3) is 0 Å². The SMILES string of the molecule is COc1ccccc1OCCNCC(O)COC1C=CC=c2c1c1c(n2C)=CC=CC1.Cl. The van der Waals surface area contributed by atoms with Gasteiger partial charge in [-0.25, -0.2) is 0 Å². The van der Waals surface area contributed by atoms with Gasteiger partial charge in [-0.05, 0) is 36.3 Å². The van der Waals surface area contributed by atoms with E-state index in [0.29, 0.717) is 31.2 Å². The van der Waals surface area contributed by atoms with E-state index in [2.05, 4.69) is 47.3 Å². The van der Waals surface area contributed by atoms with E-state index >= 15 is 0 Å². The highest BCUT2D eigenvalue weighted by Gasteiger charge is 2.22. The number of rotatable bonds is 10. The van der Waals surface area contributed by atoms with Crippen molar-refractivity contribution < 1.29 is 19.3 Å². The van der Waals surface area contributed by atoms with Gasteiger partial charge in [0, 0.05) is 36.4 Å². The number of benzene rings is 1. The van der Waals surface area contributed by atoms with E-state index in [9.17, 15) is 5.11 Å². The summed E-state index contributed by atoms with van der Waals surface area (Å²) in [5.41, 5.74) is 2.53. The van der Waals surface area contributed by atoms with Gasteiger partial charge in [0.15, 0.2) is 11.5 Å². The van der Waals surface area contributed by atoms with Crippen LogP contribution in [0.1, 0.15) is 17.2 Å². The van der Waals surface area contributed by atoms with E-state index in [1.54, 1.807) is 7.11 Å². The van der Waals surface area contributed by atoms with Gasteiger partial charge >= 0.3 is 0 Å². The number of hydrogen-bond acceptors (Lipinski definition) is 5. The monoisotopic (exact) mass is 458 g/mol. The first kappa shape index (κ1) is 24.1. The van der Waals surface area contributed by atoms with Crippen LogP contribution in [-0.4, -0.2) is 49.2 Å². The lowest BCUT2D eigenvalue weighted by Crippen LogP contribution is -2.33. The van der Waals surface area contributed by atoms with Crippen molar-refractivity contribution in [3.05, 3.63) is 70.4 Å². The molecule has 0 aliphatic heterocycles. The number of aliphatic hydroxyl groups is 1. The number of fused-ring (bicyclic) bond motifs is 3. The number of nitrogens with zero attached hydrogens (tertiary/aromatic N) is 1. The quantitative estimate of drug-likeness (QED) is 0.531. The maximum Gasteiger partial charge on any atom is 0.161 e. The first-order valence-electron chi connectivity index (χ1n) is 10.7. The molecular weight excluding hydrogens is 428 g/mol. The Morgan fingerprint density at radius 3 is 2.75 bits per heavy atom. The van der Waals surface area contributed by atoms with Crippen LogP contribution in [0.2, 0.25) is 0 Å². The van der Waals surface area contributed by atoms with Crippen LogP contribution in [0.5, 0.6) is 11.5 Å². The Morgan fingerprint density at radius 2 is 1.94 bits per heavy atom. The van der Waals surface area contributed by atoms with E-state index in [-0.39, 0.29) is 25.1 Å². The molecule has 0 radical (unpaired) electrons. The zero-order valence-electron chi connectivity index (χ0n) is 18.5. The zero-order valence-corrected chi connectivity index (χ0v) is 19.3. The van der Waals surface area contributed by atoms with Crippen LogP contribution in [0.25, 0.3) is 12.2 Å². The molecular formula is C25H31ClN2O4. The molecule has 2 aliphatic carbocycles. The van der Waals surface area contributed by atoms with Crippen molar-refractivity contribution in [2.45, 2.75) is 18.6 Å². The predicted molar refractivity (Wildman–Crippen MR) is 129 cm³/mol. The third kappa shape index (κ3) is 5.27. The summed E-state index contributed by atoms with van der Waals surface area (Å²) in [4.78, 5) is 0. The largest absolute Gasteiger partial charge is 0.493 e. The summed E-state index contributed by atoms with van der Waals surface area (Å²) in [5, 5.41) is 16.0. The average Bonchev–Trinajstić information content (AvgIpc) is 3.10. The molecule has 1 heterocycles. The first-order chi connectivity index (χ1) is 15.2. The van der Waals surface area contributed by atoms with Crippen LogP contribution in [0, 0.1) is 0 Å². The number of para-hydroxylation sites is 2. The standard InChI is InChI=1S/C25H30N2O4.ClH/c1-27-20-9-4-3-8-19(20)25-21(27)10-7-13-24(25)31-17-18(28)16-26-14-15-30-23-12-6-5-11-22(23)29-2;/h3-7,9-13,18,24,26,28H,8,14-17H2,1-2H3;1H. The molecule has 0 bridgehead atoms. The molecule has 32 heavy (non-hydrogen) atoms. The molecule has 7 heteroatoms. The second-order valence-corrected chi connectivity index (χ2v) is 7.68. The molecule has 172 valence electrons. The van der Waals surface area contributed by atoms with Gasteiger partial charge in [0.1, 0.15) is 12.7 Å². The van der Waals surface area contributed by atoms with Crippen molar-refractivity contribution in [2.75, 3.05) is 33.4 Å². The minimum Gasteiger partial charge on any atom is -0.493 e. The number of hydrogen-bond donors (Lipinski definition) is 2. The van der Waals surface area contributed by atoms with Gasteiger partial charge in [-0.3, -0.25) is 0 Å². The lowest BCUT2D eigenvalue weighted by molar-refractivity contribution is 0.00854. The summed E-state index contributed by atoms with van der Waals surface area (Å²) < 4.78 is 19.3. The molecule has 1 aromatic heterocycles. The summed E-state index contributed by atoms with van der Waals surface area (Å²) in [6.07, 6.45) is 12.8. The van der Waals surface area contributed by atoms with E-state index in [1.807, 2.05) is 30.3 Å². The minimum absolute atomic E-state index is 0. The summed E-state index contributed by atoms with van der Waals surface area (Å²) >= 11 is 0. The Balaban J connectivity index is 0.00000289. The number of methoxy groups -OCH3 is 1. The molecule has 4 rings (SSSR count). The molecule has 0 amide bonds. The van der Waals surface area contributed by atoms with Crippen LogP contribution in [-0.2, 0) is 18.2 Å². The Hall–Kier alpha value is -2.51. The number of ether oxygens (including phenoxy) is 3. The van der Waals surface area contributed by atoms with Gasteiger partial charge in [-0.15, -0.1) is 12.4 Å². The normalized spacial score (nSPS) is 16.8. The maximum atomic E-state index is 10.4. The molecule has 0 spiro atoms.